The van der Waals surface area contributed by atoms with Crippen LogP contribution in [0.4, 0.5) is 0 Å². The zero-order chi connectivity index (χ0) is 36.3. The summed E-state index contributed by atoms with van der Waals surface area (Å²) >= 11 is 0. The smallest absolute Gasteiger partial charge is 0.0726 e. The van der Waals surface area contributed by atoms with Gasteiger partial charge in [-0.25, -0.2) is 0 Å². The maximum atomic E-state index is 5.26. The molecule has 11 aromatic rings. The fraction of sp³-hybridized carbons (Fsp3) is 0. The number of fused-ring (bicyclic) bond motifs is 6. The summed E-state index contributed by atoms with van der Waals surface area (Å²) in [6, 6.07) is 67.0. The van der Waals surface area contributed by atoms with Gasteiger partial charge < -0.3 is 4.40 Å². The Kier molecular flexibility index (Phi) is 7.17. The number of para-hydroxylation sites is 1. The van der Waals surface area contributed by atoms with E-state index in [0.29, 0.717) is 0 Å². The van der Waals surface area contributed by atoms with E-state index >= 15 is 0 Å². The number of hydrogen-bond donors (Lipinski definition) is 0. The van der Waals surface area contributed by atoms with Crippen molar-refractivity contribution < 1.29 is 0 Å². The van der Waals surface area contributed by atoms with E-state index < -0.39 is 0 Å². The van der Waals surface area contributed by atoms with Crippen molar-refractivity contribution in [2.24, 2.45) is 0 Å². The molecule has 0 N–H and O–H groups in total. The topological polar surface area (TPSA) is 30.2 Å². The number of nitrogens with zero attached hydrogens (tertiary/aromatic N) is 3. The molecule has 7 aromatic carbocycles. The van der Waals surface area contributed by atoms with Crippen molar-refractivity contribution in [2.75, 3.05) is 0 Å². The molecule has 256 valence electrons. The molecule has 0 aliphatic heterocycles. The van der Waals surface area contributed by atoms with Gasteiger partial charge in [0.15, 0.2) is 0 Å². The lowest BCUT2D eigenvalue weighted by Gasteiger charge is -2.16. The highest BCUT2D eigenvalue weighted by molar-refractivity contribution is 6.24. The molecule has 0 atom stereocenters. The van der Waals surface area contributed by atoms with E-state index in [1.807, 2.05) is 0 Å². The average molecular weight is 700 g/mol. The minimum atomic E-state index is 0.954. The zero-order valence-electron chi connectivity index (χ0n) is 29.9. The van der Waals surface area contributed by atoms with E-state index in [4.69, 9.17) is 9.97 Å². The summed E-state index contributed by atoms with van der Waals surface area (Å²) in [6.45, 7) is 0. The number of hydrogen-bond acceptors (Lipinski definition) is 2. The van der Waals surface area contributed by atoms with Crippen LogP contribution in [-0.4, -0.2) is 14.4 Å². The molecule has 0 bridgehead atoms. The molecule has 4 heterocycles. The van der Waals surface area contributed by atoms with E-state index in [1.54, 1.807) is 0 Å². The van der Waals surface area contributed by atoms with Gasteiger partial charge in [0.2, 0.25) is 0 Å². The largest absolute Gasteiger partial charge is 0.305 e. The molecule has 11 rings (SSSR count). The predicted molar refractivity (Wildman–Crippen MR) is 229 cm³/mol. The molecule has 0 unspecified atom stereocenters. The standard InChI is InChI=1S/C52H33N3/c1-5-16-34(17-6-1)38-24-13-25-39(35-18-7-2-8-19-35)50(38)46-30-44-42-28-15-29-43-45-31-47(54-33-49(45)55(52(42)43)48(44)32-53-46)51-40(36-20-9-3-10-21-36)26-14-27-41(51)37-22-11-4-12-23-37/h1-33H. The first kappa shape index (κ1) is 31.2. The van der Waals surface area contributed by atoms with Crippen LogP contribution in [0.1, 0.15) is 0 Å². The number of benzene rings is 7. The highest BCUT2D eigenvalue weighted by Crippen LogP contribution is 2.45. The Labute approximate surface area is 318 Å². The van der Waals surface area contributed by atoms with Crippen molar-refractivity contribution in [1.82, 2.24) is 14.4 Å². The van der Waals surface area contributed by atoms with Crippen LogP contribution in [0.3, 0.4) is 0 Å². The third-order valence-electron chi connectivity index (χ3n) is 11.1. The van der Waals surface area contributed by atoms with Crippen molar-refractivity contribution in [3.05, 3.63) is 200 Å². The van der Waals surface area contributed by atoms with Gasteiger partial charge in [-0.05, 0) is 56.6 Å². The average Bonchev–Trinajstić information content (AvgIpc) is 3.78. The third kappa shape index (κ3) is 4.98. The predicted octanol–water partition coefficient (Wildman–Crippen LogP) is 13.6. The summed E-state index contributed by atoms with van der Waals surface area (Å²) in [6.07, 6.45) is 4.12. The molecule has 0 aliphatic carbocycles. The highest BCUT2D eigenvalue weighted by atomic mass is 14.9. The van der Waals surface area contributed by atoms with Crippen LogP contribution in [0.5, 0.6) is 0 Å². The van der Waals surface area contributed by atoms with Gasteiger partial charge in [-0.15, -0.1) is 0 Å². The van der Waals surface area contributed by atoms with Gasteiger partial charge in [0.25, 0.3) is 0 Å². The van der Waals surface area contributed by atoms with Crippen LogP contribution in [0.2, 0.25) is 0 Å². The molecular weight excluding hydrogens is 667 g/mol. The SMILES string of the molecule is c1ccc(-c2cccc(-c3ccccc3)c2-c2cc3c4cccc5c6cc(-c7c(-c8ccccc8)cccc7-c7ccccc7)ncc6n(c3cn2)c45)cc1. The normalized spacial score (nSPS) is 11.6. The molecule has 3 heteroatoms. The van der Waals surface area contributed by atoms with Gasteiger partial charge >= 0.3 is 0 Å². The second kappa shape index (κ2) is 12.6. The Hall–Kier alpha value is -7.36. The molecule has 4 aromatic heterocycles. The first-order valence-electron chi connectivity index (χ1n) is 18.7. The lowest BCUT2D eigenvalue weighted by molar-refractivity contribution is 1.27. The van der Waals surface area contributed by atoms with E-state index in [2.05, 4.69) is 205 Å². The van der Waals surface area contributed by atoms with Gasteiger partial charge in [-0.3, -0.25) is 9.97 Å². The van der Waals surface area contributed by atoms with Crippen LogP contribution in [0.15, 0.2) is 200 Å². The lowest BCUT2D eigenvalue weighted by Crippen LogP contribution is -1.94. The van der Waals surface area contributed by atoms with Crippen LogP contribution >= 0.6 is 0 Å². The quantitative estimate of drug-likeness (QED) is 0.173. The molecule has 55 heavy (non-hydrogen) atoms. The Morgan fingerprint density at radius 2 is 0.636 bits per heavy atom. The molecule has 0 saturated carbocycles. The van der Waals surface area contributed by atoms with E-state index in [9.17, 15) is 0 Å². The van der Waals surface area contributed by atoms with Gasteiger partial charge in [0, 0.05) is 32.7 Å². The van der Waals surface area contributed by atoms with Crippen LogP contribution in [-0.2, 0) is 0 Å². The Morgan fingerprint density at radius 1 is 0.309 bits per heavy atom. The molecule has 3 nitrogen and oxygen atoms in total. The molecule has 0 amide bonds. The van der Waals surface area contributed by atoms with Gasteiger partial charge in [0.05, 0.1) is 40.3 Å². The lowest BCUT2D eigenvalue weighted by atomic mass is 9.89. The maximum absolute atomic E-state index is 5.26. The summed E-state index contributed by atoms with van der Waals surface area (Å²) in [7, 11) is 0. The molecule has 0 saturated heterocycles. The second-order valence-corrected chi connectivity index (χ2v) is 14.1. The second-order valence-electron chi connectivity index (χ2n) is 14.1. The van der Waals surface area contributed by atoms with Crippen LogP contribution in [0, 0.1) is 0 Å². The highest BCUT2D eigenvalue weighted by Gasteiger charge is 2.23. The number of rotatable bonds is 6. The van der Waals surface area contributed by atoms with Gasteiger partial charge in [0.1, 0.15) is 0 Å². The number of pyridine rings is 2. The third-order valence-corrected chi connectivity index (χ3v) is 11.1. The Morgan fingerprint density at radius 3 is 0.982 bits per heavy atom. The van der Waals surface area contributed by atoms with E-state index in [0.717, 1.165) is 55.8 Å². The minimum Gasteiger partial charge on any atom is -0.305 e. The summed E-state index contributed by atoms with van der Waals surface area (Å²) in [4.78, 5) is 10.5. The molecule has 0 radical (unpaired) electrons. The minimum absolute atomic E-state index is 0.954. The summed E-state index contributed by atoms with van der Waals surface area (Å²) in [5.74, 6) is 0. The summed E-state index contributed by atoms with van der Waals surface area (Å²) < 4.78 is 2.37. The molecule has 0 aliphatic rings. The number of aromatic nitrogens is 3. The van der Waals surface area contributed by atoms with Crippen molar-refractivity contribution in [3.63, 3.8) is 0 Å². The van der Waals surface area contributed by atoms with Gasteiger partial charge in [-0.2, -0.15) is 0 Å². The first-order valence-corrected chi connectivity index (χ1v) is 18.7. The Balaban J connectivity index is 1.14. The molecule has 0 fully saturated rings. The summed E-state index contributed by atoms with van der Waals surface area (Å²) in [5.41, 5.74) is 16.9. The fourth-order valence-electron chi connectivity index (χ4n) is 8.64. The first-order chi connectivity index (χ1) is 27.3. The maximum Gasteiger partial charge on any atom is 0.0726 e. The van der Waals surface area contributed by atoms with Crippen molar-refractivity contribution in [3.8, 4) is 67.0 Å². The molecular formula is C52H33N3. The van der Waals surface area contributed by atoms with E-state index in [1.165, 1.54) is 49.3 Å². The van der Waals surface area contributed by atoms with Crippen LogP contribution < -0.4 is 0 Å². The molecule has 0 spiro atoms. The monoisotopic (exact) mass is 699 g/mol. The van der Waals surface area contributed by atoms with E-state index in [-0.39, 0.29) is 0 Å². The van der Waals surface area contributed by atoms with Crippen molar-refractivity contribution >= 4 is 38.1 Å². The van der Waals surface area contributed by atoms with Gasteiger partial charge in [-0.1, -0.05) is 176 Å². The Bertz CT molecular complexity index is 2840. The zero-order valence-corrected chi connectivity index (χ0v) is 29.9. The fourth-order valence-corrected chi connectivity index (χ4v) is 8.64. The summed E-state index contributed by atoms with van der Waals surface area (Å²) in [5, 5.41) is 4.78. The van der Waals surface area contributed by atoms with Crippen molar-refractivity contribution in [2.45, 2.75) is 0 Å². The van der Waals surface area contributed by atoms with Crippen molar-refractivity contribution in [1.29, 1.82) is 0 Å². The van der Waals surface area contributed by atoms with Crippen LogP contribution in [0.25, 0.3) is 105 Å².